The van der Waals surface area contributed by atoms with Gasteiger partial charge in [0, 0.05) is 11.4 Å². The molecule has 5 nitrogen and oxygen atoms in total. The molecule has 0 aromatic heterocycles. The monoisotopic (exact) mass is 284 g/mol. The van der Waals surface area contributed by atoms with Crippen LogP contribution in [0.25, 0.3) is 0 Å². The Labute approximate surface area is 122 Å². The highest BCUT2D eigenvalue weighted by molar-refractivity contribution is 5.96. The molecule has 0 aliphatic heterocycles. The average Bonchev–Trinajstić information content (AvgIpc) is 2.48. The number of amides is 1. The van der Waals surface area contributed by atoms with Gasteiger partial charge in [0.05, 0.1) is 5.56 Å². The number of carbonyl (C=O) groups excluding carboxylic acids is 2. The van der Waals surface area contributed by atoms with E-state index in [0.29, 0.717) is 22.5 Å². The minimum atomic E-state index is -0.567. The van der Waals surface area contributed by atoms with Crippen molar-refractivity contribution < 1.29 is 14.3 Å². The van der Waals surface area contributed by atoms with Crippen LogP contribution in [0.15, 0.2) is 48.5 Å². The van der Waals surface area contributed by atoms with E-state index in [-0.39, 0.29) is 6.61 Å². The van der Waals surface area contributed by atoms with Crippen LogP contribution in [0.3, 0.4) is 0 Å². The fourth-order valence-corrected chi connectivity index (χ4v) is 1.80. The van der Waals surface area contributed by atoms with Gasteiger partial charge in [-0.1, -0.05) is 24.3 Å². The number of hydrogen-bond donors (Lipinski definition) is 2. The molecule has 0 saturated carbocycles. The predicted octanol–water partition coefficient (Wildman–Crippen LogP) is 2.37. The Hall–Kier alpha value is -2.82. The van der Waals surface area contributed by atoms with Crippen LogP contribution in [0.2, 0.25) is 0 Å². The van der Waals surface area contributed by atoms with Crippen LogP contribution in [-0.2, 0) is 9.53 Å². The summed E-state index contributed by atoms with van der Waals surface area (Å²) < 4.78 is 4.99. The summed E-state index contributed by atoms with van der Waals surface area (Å²) in [5.41, 5.74) is 7.90. The third-order valence-corrected chi connectivity index (χ3v) is 2.99. The minimum Gasteiger partial charge on any atom is -0.452 e. The molecule has 0 spiro atoms. The maximum absolute atomic E-state index is 11.9. The van der Waals surface area contributed by atoms with Gasteiger partial charge in [0.25, 0.3) is 5.91 Å². The van der Waals surface area contributed by atoms with E-state index < -0.39 is 11.9 Å². The van der Waals surface area contributed by atoms with Gasteiger partial charge in [-0.05, 0) is 36.8 Å². The van der Waals surface area contributed by atoms with E-state index in [2.05, 4.69) is 5.32 Å². The first kappa shape index (κ1) is 14.6. The predicted molar refractivity (Wildman–Crippen MR) is 80.9 cm³/mol. The number of esters is 1. The van der Waals surface area contributed by atoms with E-state index in [1.54, 1.807) is 49.4 Å². The fraction of sp³-hybridized carbons (Fsp3) is 0.125. The average molecular weight is 284 g/mol. The van der Waals surface area contributed by atoms with Crippen molar-refractivity contribution in [2.45, 2.75) is 6.92 Å². The first-order valence-corrected chi connectivity index (χ1v) is 6.45. The molecule has 108 valence electrons. The molecular weight excluding hydrogens is 268 g/mol. The lowest BCUT2D eigenvalue weighted by molar-refractivity contribution is -0.119. The Kier molecular flexibility index (Phi) is 4.56. The van der Waals surface area contributed by atoms with Crippen molar-refractivity contribution in [3.63, 3.8) is 0 Å². The second kappa shape index (κ2) is 6.56. The van der Waals surface area contributed by atoms with Crippen LogP contribution in [0, 0.1) is 6.92 Å². The Bertz CT molecular complexity index is 654. The molecule has 0 saturated heterocycles. The number of ether oxygens (including phenoxy) is 1. The lowest BCUT2D eigenvalue weighted by Crippen LogP contribution is -2.21. The summed E-state index contributed by atoms with van der Waals surface area (Å²) in [4.78, 5) is 23.6. The molecule has 0 heterocycles. The van der Waals surface area contributed by atoms with Crippen LogP contribution < -0.4 is 11.1 Å². The highest BCUT2D eigenvalue weighted by atomic mass is 16.5. The first-order chi connectivity index (χ1) is 10.1. The molecule has 0 unspecified atom stereocenters. The van der Waals surface area contributed by atoms with Crippen LogP contribution in [-0.4, -0.2) is 18.5 Å². The van der Waals surface area contributed by atoms with Crippen LogP contribution in [0.4, 0.5) is 11.4 Å². The number of carbonyl (C=O) groups is 2. The summed E-state index contributed by atoms with van der Waals surface area (Å²) >= 11 is 0. The second-order valence-electron chi connectivity index (χ2n) is 4.51. The number of para-hydroxylation sites is 1. The van der Waals surface area contributed by atoms with Gasteiger partial charge in [0.2, 0.25) is 0 Å². The number of nitrogens with two attached hydrogens (primary N) is 1. The topological polar surface area (TPSA) is 81.4 Å². The van der Waals surface area contributed by atoms with Crippen LogP contribution >= 0.6 is 0 Å². The molecule has 5 heteroatoms. The lowest BCUT2D eigenvalue weighted by atomic mass is 10.1. The molecule has 0 aliphatic rings. The number of nitrogens with one attached hydrogen (secondary N) is 1. The Morgan fingerprint density at radius 1 is 1.10 bits per heavy atom. The molecule has 0 fully saturated rings. The second-order valence-corrected chi connectivity index (χ2v) is 4.51. The van der Waals surface area contributed by atoms with E-state index in [0.717, 1.165) is 0 Å². The zero-order valence-corrected chi connectivity index (χ0v) is 11.6. The van der Waals surface area contributed by atoms with E-state index >= 15 is 0 Å². The van der Waals surface area contributed by atoms with Crippen molar-refractivity contribution in [1.29, 1.82) is 0 Å². The SMILES string of the molecule is Cc1c(N)cccc1C(=O)OCC(=O)Nc1ccccc1. The molecule has 21 heavy (non-hydrogen) atoms. The molecular formula is C16H16N2O3. The first-order valence-electron chi connectivity index (χ1n) is 6.45. The number of nitrogen functional groups attached to an aromatic ring is 1. The lowest BCUT2D eigenvalue weighted by Gasteiger charge is -2.09. The normalized spacial score (nSPS) is 9.95. The van der Waals surface area contributed by atoms with Crippen LogP contribution in [0.1, 0.15) is 15.9 Å². The molecule has 2 aromatic rings. The molecule has 3 N–H and O–H groups in total. The van der Waals surface area contributed by atoms with Crippen molar-refractivity contribution in [3.8, 4) is 0 Å². The molecule has 2 rings (SSSR count). The van der Waals surface area contributed by atoms with E-state index in [1.807, 2.05) is 6.07 Å². The Balaban J connectivity index is 1.92. The maximum atomic E-state index is 11.9. The van der Waals surface area contributed by atoms with Crippen LogP contribution in [0.5, 0.6) is 0 Å². The Morgan fingerprint density at radius 3 is 2.52 bits per heavy atom. The zero-order valence-electron chi connectivity index (χ0n) is 11.6. The molecule has 2 aromatic carbocycles. The third kappa shape index (κ3) is 3.82. The van der Waals surface area contributed by atoms with Gasteiger partial charge < -0.3 is 15.8 Å². The van der Waals surface area contributed by atoms with E-state index in [1.165, 1.54) is 0 Å². The standard InChI is InChI=1S/C16H16N2O3/c1-11-13(8-5-9-14(11)17)16(20)21-10-15(19)18-12-6-3-2-4-7-12/h2-9H,10,17H2,1H3,(H,18,19). The summed E-state index contributed by atoms with van der Waals surface area (Å²) in [5.74, 6) is -0.959. The van der Waals surface area contributed by atoms with Crippen molar-refractivity contribution in [2.24, 2.45) is 0 Å². The minimum absolute atomic E-state index is 0.345. The van der Waals surface area contributed by atoms with Gasteiger partial charge in [0.15, 0.2) is 6.61 Å². The molecule has 0 radical (unpaired) electrons. The highest BCUT2D eigenvalue weighted by Gasteiger charge is 2.13. The van der Waals surface area contributed by atoms with Gasteiger partial charge in [-0.15, -0.1) is 0 Å². The number of benzene rings is 2. The van der Waals surface area contributed by atoms with Gasteiger partial charge in [-0.2, -0.15) is 0 Å². The fourth-order valence-electron chi connectivity index (χ4n) is 1.80. The smallest absolute Gasteiger partial charge is 0.338 e. The molecule has 0 bridgehead atoms. The summed E-state index contributed by atoms with van der Waals surface area (Å²) in [6.07, 6.45) is 0. The van der Waals surface area contributed by atoms with Crippen molar-refractivity contribution in [2.75, 3.05) is 17.7 Å². The Morgan fingerprint density at radius 2 is 1.81 bits per heavy atom. The number of rotatable bonds is 4. The summed E-state index contributed by atoms with van der Waals surface area (Å²) in [6.45, 7) is 1.39. The third-order valence-electron chi connectivity index (χ3n) is 2.99. The highest BCUT2D eigenvalue weighted by Crippen LogP contribution is 2.16. The summed E-state index contributed by atoms with van der Waals surface area (Å²) in [5, 5.41) is 2.63. The van der Waals surface area contributed by atoms with Gasteiger partial charge in [-0.3, -0.25) is 4.79 Å². The van der Waals surface area contributed by atoms with Gasteiger partial charge in [-0.25, -0.2) is 4.79 Å². The van der Waals surface area contributed by atoms with Crippen molar-refractivity contribution in [1.82, 2.24) is 0 Å². The zero-order chi connectivity index (χ0) is 15.2. The number of hydrogen-bond acceptors (Lipinski definition) is 4. The quantitative estimate of drug-likeness (QED) is 0.667. The van der Waals surface area contributed by atoms with E-state index in [9.17, 15) is 9.59 Å². The largest absolute Gasteiger partial charge is 0.452 e. The molecule has 0 aliphatic carbocycles. The summed E-state index contributed by atoms with van der Waals surface area (Å²) in [7, 11) is 0. The summed E-state index contributed by atoms with van der Waals surface area (Å²) in [6, 6.07) is 13.9. The molecule has 0 atom stereocenters. The maximum Gasteiger partial charge on any atom is 0.338 e. The molecule has 1 amide bonds. The van der Waals surface area contributed by atoms with Crippen molar-refractivity contribution >= 4 is 23.3 Å². The number of anilines is 2. The van der Waals surface area contributed by atoms with Gasteiger partial charge in [0.1, 0.15) is 0 Å². The van der Waals surface area contributed by atoms with E-state index in [4.69, 9.17) is 10.5 Å². The van der Waals surface area contributed by atoms with Gasteiger partial charge >= 0.3 is 5.97 Å². The van der Waals surface area contributed by atoms with Crippen molar-refractivity contribution in [3.05, 3.63) is 59.7 Å².